The summed E-state index contributed by atoms with van der Waals surface area (Å²) in [5.74, 6) is 0.754. The van der Waals surface area contributed by atoms with E-state index in [4.69, 9.17) is 0 Å². The molecule has 3 nitrogen and oxygen atoms in total. The Morgan fingerprint density at radius 3 is 2.45 bits per heavy atom. The van der Waals surface area contributed by atoms with Crippen LogP contribution in [0.5, 0.6) is 0 Å². The molecule has 0 aliphatic heterocycles. The highest BCUT2D eigenvalue weighted by Crippen LogP contribution is 2.13. The smallest absolute Gasteiger partial charge is 0.264 e. The number of rotatable bonds is 4. The van der Waals surface area contributed by atoms with E-state index in [0.717, 1.165) is 24.4 Å². The van der Waals surface area contributed by atoms with E-state index in [0.29, 0.717) is 9.99 Å². The zero-order chi connectivity index (χ0) is 14.7. The second-order valence-electron chi connectivity index (χ2n) is 5.20. The summed E-state index contributed by atoms with van der Waals surface area (Å²) in [6, 6.07) is 6.44. The molecule has 0 radical (unpaired) electrons. The molecule has 0 aliphatic carbocycles. The molecule has 0 aliphatic rings. The lowest BCUT2D eigenvalue weighted by molar-refractivity contribution is 0.821. The zero-order valence-corrected chi connectivity index (χ0v) is 14.2. The van der Waals surface area contributed by atoms with Crippen molar-refractivity contribution in [3.8, 4) is 0 Å². The first-order chi connectivity index (χ1) is 9.49. The number of hydrogen-bond donors (Lipinski definition) is 1. The van der Waals surface area contributed by atoms with Crippen molar-refractivity contribution in [2.75, 3.05) is 0 Å². The summed E-state index contributed by atoms with van der Waals surface area (Å²) in [5.41, 5.74) is 4.55. The normalized spacial score (nSPS) is 10.8. The fourth-order valence-electron chi connectivity index (χ4n) is 2.41. The van der Waals surface area contributed by atoms with Crippen LogP contribution in [-0.2, 0) is 12.8 Å². The molecule has 1 aromatic carbocycles. The van der Waals surface area contributed by atoms with Crippen molar-refractivity contribution in [2.45, 2.75) is 40.0 Å². The van der Waals surface area contributed by atoms with Gasteiger partial charge in [-0.2, -0.15) is 0 Å². The van der Waals surface area contributed by atoms with Crippen LogP contribution in [0.25, 0.3) is 0 Å². The van der Waals surface area contributed by atoms with Crippen LogP contribution in [0, 0.1) is 17.4 Å². The number of aryl methyl sites for hydroxylation is 3. The molecular formula is C16H19IN2O. The van der Waals surface area contributed by atoms with Crippen molar-refractivity contribution in [3.63, 3.8) is 0 Å². The van der Waals surface area contributed by atoms with Crippen molar-refractivity contribution < 1.29 is 0 Å². The lowest BCUT2D eigenvalue weighted by atomic mass is 10.0. The van der Waals surface area contributed by atoms with Crippen LogP contribution in [0.4, 0.5) is 0 Å². The van der Waals surface area contributed by atoms with Crippen LogP contribution in [0.1, 0.15) is 41.6 Å². The summed E-state index contributed by atoms with van der Waals surface area (Å²) in [4.78, 5) is 19.5. The third-order valence-corrected chi connectivity index (χ3v) is 4.23. The zero-order valence-electron chi connectivity index (χ0n) is 12.1. The van der Waals surface area contributed by atoms with Crippen LogP contribution in [-0.4, -0.2) is 9.97 Å². The molecule has 20 heavy (non-hydrogen) atoms. The average molecular weight is 382 g/mol. The Hall–Kier alpha value is -1.17. The molecule has 0 unspecified atom stereocenters. The molecule has 0 amide bonds. The monoisotopic (exact) mass is 382 g/mol. The largest absolute Gasteiger partial charge is 0.309 e. The van der Waals surface area contributed by atoms with Crippen LogP contribution in [0.2, 0.25) is 0 Å². The number of halogens is 1. The van der Waals surface area contributed by atoms with Gasteiger partial charge in [-0.25, -0.2) is 4.98 Å². The highest BCUT2D eigenvalue weighted by molar-refractivity contribution is 14.1. The minimum absolute atomic E-state index is 0.0246. The molecule has 0 bridgehead atoms. The highest BCUT2D eigenvalue weighted by Gasteiger charge is 2.09. The first-order valence-electron chi connectivity index (χ1n) is 6.84. The summed E-state index contributed by atoms with van der Waals surface area (Å²) >= 11 is 2.08. The van der Waals surface area contributed by atoms with Gasteiger partial charge in [-0.1, -0.05) is 42.7 Å². The van der Waals surface area contributed by atoms with Crippen LogP contribution in [0.15, 0.2) is 23.0 Å². The molecule has 0 saturated carbocycles. The maximum atomic E-state index is 12.0. The molecule has 0 saturated heterocycles. The standard InChI is InChI=1S/C16H19IN2O/c1-4-5-13-15(17)16(20)19-14(18-13)9-12-7-10(2)6-11(3)8-12/h6-8H,4-5,9H2,1-3H3,(H,18,19,20). The van der Waals surface area contributed by atoms with E-state index in [9.17, 15) is 4.79 Å². The van der Waals surface area contributed by atoms with E-state index in [1.54, 1.807) is 0 Å². The Morgan fingerprint density at radius 2 is 1.85 bits per heavy atom. The molecule has 106 valence electrons. The number of hydrogen-bond acceptors (Lipinski definition) is 2. The lowest BCUT2D eigenvalue weighted by Gasteiger charge is -2.07. The van der Waals surface area contributed by atoms with E-state index in [1.165, 1.54) is 16.7 Å². The van der Waals surface area contributed by atoms with Crippen molar-refractivity contribution in [1.82, 2.24) is 9.97 Å². The number of benzene rings is 1. The van der Waals surface area contributed by atoms with Gasteiger partial charge in [0.25, 0.3) is 5.56 Å². The van der Waals surface area contributed by atoms with Gasteiger partial charge in [0.05, 0.1) is 9.26 Å². The third kappa shape index (κ3) is 3.69. The quantitative estimate of drug-likeness (QED) is 0.823. The molecule has 0 fully saturated rings. The minimum Gasteiger partial charge on any atom is -0.309 e. The second-order valence-corrected chi connectivity index (χ2v) is 6.27. The first-order valence-corrected chi connectivity index (χ1v) is 7.92. The summed E-state index contributed by atoms with van der Waals surface area (Å²) in [7, 11) is 0. The van der Waals surface area contributed by atoms with Crippen LogP contribution < -0.4 is 5.56 Å². The molecule has 1 aromatic heterocycles. The van der Waals surface area contributed by atoms with Gasteiger partial charge in [-0.15, -0.1) is 0 Å². The maximum Gasteiger partial charge on any atom is 0.264 e. The second kappa shape index (κ2) is 6.52. The minimum atomic E-state index is -0.0246. The van der Waals surface area contributed by atoms with E-state index in [-0.39, 0.29) is 5.56 Å². The SMILES string of the molecule is CCCc1nc(Cc2cc(C)cc(C)c2)[nH]c(=O)c1I. The number of aromatic nitrogens is 2. The van der Waals surface area contributed by atoms with E-state index in [1.807, 2.05) is 0 Å². The molecule has 2 aromatic rings. The van der Waals surface area contributed by atoms with E-state index >= 15 is 0 Å². The van der Waals surface area contributed by atoms with Crippen molar-refractivity contribution in [1.29, 1.82) is 0 Å². The summed E-state index contributed by atoms with van der Waals surface area (Å²) in [5, 5.41) is 0. The Labute approximate surface area is 133 Å². The molecule has 0 spiro atoms. The van der Waals surface area contributed by atoms with Gasteiger partial charge < -0.3 is 4.98 Å². The average Bonchev–Trinajstić information content (AvgIpc) is 2.34. The van der Waals surface area contributed by atoms with Crippen LogP contribution >= 0.6 is 22.6 Å². The predicted molar refractivity (Wildman–Crippen MR) is 90.3 cm³/mol. The summed E-state index contributed by atoms with van der Waals surface area (Å²) < 4.78 is 0.716. The van der Waals surface area contributed by atoms with Crippen molar-refractivity contribution >= 4 is 22.6 Å². The van der Waals surface area contributed by atoms with E-state index in [2.05, 4.69) is 71.5 Å². The van der Waals surface area contributed by atoms with Crippen molar-refractivity contribution in [2.24, 2.45) is 0 Å². The molecule has 2 rings (SSSR count). The van der Waals surface area contributed by atoms with Gasteiger partial charge in [0.15, 0.2) is 0 Å². The number of H-pyrrole nitrogens is 1. The molecular weight excluding hydrogens is 363 g/mol. The fourth-order valence-corrected chi connectivity index (χ4v) is 2.93. The van der Waals surface area contributed by atoms with E-state index < -0.39 is 0 Å². The first kappa shape index (κ1) is 15.2. The number of aromatic amines is 1. The highest BCUT2D eigenvalue weighted by atomic mass is 127. The Kier molecular flexibility index (Phi) is 4.96. The topological polar surface area (TPSA) is 45.8 Å². The summed E-state index contributed by atoms with van der Waals surface area (Å²) in [6.07, 6.45) is 2.52. The Balaban J connectivity index is 2.36. The van der Waals surface area contributed by atoms with Gasteiger partial charge in [0.1, 0.15) is 5.82 Å². The van der Waals surface area contributed by atoms with Crippen molar-refractivity contribution in [3.05, 3.63) is 60.3 Å². The van der Waals surface area contributed by atoms with Crippen LogP contribution in [0.3, 0.4) is 0 Å². The fraction of sp³-hybridized carbons (Fsp3) is 0.375. The van der Waals surface area contributed by atoms with Gasteiger partial charge in [0.2, 0.25) is 0 Å². The maximum absolute atomic E-state index is 12.0. The lowest BCUT2D eigenvalue weighted by Crippen LogP contribution is -2.18. The Bertz CT molecular complexity index is 656. The van der Waals surface area contributed by atoms with Gasteiger partial charge >= 0.3 is 0 Å². The molecule has 0 atom stereocenters. The van der Waals surface area contributed by atoms with Gasteiger partial charge in [-0.05, 0) is 48.4 Å². The molecule has 1 heterocycles. The molecule has 4 heteroatoms. The predicted octanol–water partition coefficient (Wildman–Crippen LogP) is 3.53. The number of nitrogens with zero attached hydrogens (tertiary/aromatic N) is 1. The molecule has 1 N–H and O–H groups in total. The Morgan fingerprint density at radius 1 is 1.20 bits per heavy atom. The number of nitrogens with one attached hydrogen (secondary N) is 1. The van der Waals surface area contributed by atoms with Gasteiger partial charge in [0, 0.05) is 6.42 Å². The third-order valence-electron chi connectivity index (χ3n) is 3.12. The summed E-state index contributed by atoms with van der Waals surface area (Å²) in [6.45, 7) is 6.27. The van der Waals surface area contributed by atoms with Gasteiger partial charge in [-0.3, -0.25) is 4.79 Å².